The van der Waals surface area contributed by atoms with Gasteiger partial charge in [-0.2, -0.15) is 0 Å². The Kier molecular flexibility index (Phi) is 2.33. The lowest BCUT2D eigenvalue weighted by molar-refractivity contribution is 0.136. The molecule has 1 N–H and O–H groups in total. The summed E-state index contributed by atoms with van der Waals surface area (Å²) in [5, 5.41) is 3.55. The Morgan fingerprint density at radius 2 is 2.07 bits per heavy atom. The Morgan fingerprint density at radius 1 is 1.27 bits per heavy atom. The van der Waals surface area contributed by atoms with Gasteiger partial charge in [0, 0.05) is 18.6 Å². The Morgan fingerprint density at radius 3 is 2.73 bits per heavy atom. The van der Waals surface area contributed by atoms with Crippen LogP contribution in [0, 0.1) is 17.8 Å². The zero-order valence-corrected chi connectivity index (χ0v) is 10.1. The van der Waals surface area contributed by atoms with E-state index in [2.05, 4.69) is 24.1 Å². The van der Waals surface area contributed by atoms with E-state index in [0.717, 1.165) is 17.8 Å². The average Bonchev–Trinajstić information content (AvgIpc) is 2.82. The van der Waals surface area contributed by atoms with Gasteiger partial charge in [0.2, 0.25) is 0 Å². The van der Waals surface area contributed by atoms with Crippen molar-refractivity contribution in [3.63, 3.8) is 0 Å². The molecule has 0 radical (unpaired) electrons. The van der Waals surface area contributed by atoms with Gasteiger partial charge in [-0.25, -0.2) is 0 Å². The van der Waals surface area contributed by atoms with Gasteiger partial charge >= 0.3 is 0 Å². The Hall–Kier alpha value is -0.0800. The highest BCUT2D eigenvalue weighted by Gasteiger charge is 2.49. The van der Waals surface area contributed by atoms with Crippen LogP contribution in [0.4, 0.5) is 0 Å². The normalized spacial score (nSPS) is 39.6. The van der Waals surface area contributed by atoms with Crippen LogP contribution in [0.5, 0.6) is 0 Å². The minimum atomic E-state index is 0.447. The molecule has 3 aliphatic rings. The van der Waals surface area contributed by atoms with E-state index < -0.39 is 0 Å². The van der Waals surface area contributed by atoms with Gasteiger partial charge < -0.3 is 5.32 Å². The summed E-state index contributed by atoms with van der Waals surface area (Å²) >= 11 is 0. The van der Waals surface area contributed by atoms with Crippen LogP contribution in [0.1, 0.15) is 33.1 Å². The van der Waals surface area contributed by atoms with E-state index in [4.69, 9.17) is 0 Å². The molecular weight excluding hydrogens is 184 g/mol. The first kappa shape index (κ1) is 10.1. The molecule has 2 heterocycles. The summed E-state index contributed by atoms with van der Waals surface area (Å²) in [7, 11) is 0. The van der Waals surface area contributed by atoms with Gasteiger partial charge in [0.25, 0.3) is 0 Å². The number of nitrogens with one attached hydrogen (secondary N) is 1. The predicted octanol–water partition coefficient (Wildman–Crippen LogP) is 1.72. The van der Waals surface area contributed by atoms with Gasteiger partial charge in [-0.05, 0) is 51.1 Å². The standard InChI is InChI=1S/C13H24N2/c1-13(2)12-8-14-7-11(12)9-15(13)6-5-10-3-4-10/h10-12,14H,3-9H2,1-2H3. The molecule has 86 valence electrons. The molecule has 1 aliphatic carbocycles. The number of nitrogens with zero attached hydrogens (tertiary/aromatic N) is 1. The molecule has 2 heteroatoms. The van der Waals surface area contributed by atoms with Crippen molar-refractivity contribution in [2.45, 2.75) is 38.6 Å². The topological polar surface area (TPSA) is 15.3 Å². The summed E-state index contributed by atoms with van der Waals surface area (Å²) in [4.78, 5) is 2.77. The van der Waals surface area contributed by atoms with Crippen LogP contribution in [0.15, 0.2) is 0 Å². The Balaban J connectivity index is 1.63. The average molecular weight is 208 g/mol. The van der Waals surface area contributed by atoms with E-state index in [1.807, 2.05) is 0 Å². The quantitative estimate of drug-likeness (QED) is 0.759. The van der Waals surface area contributed by atoms with Crippen LogP contribution < -0.4 is 5.32 Å². The zero-order valence-electron chi connectivity index (χ0n) is 10.1. The van der Waals surface area contributed by atoms with Crippen LogP contribution in [0.2, 0.25) is 0 Å². The van der Waals surface area contributed by atoms with Crippen molar-refractivity contribution in [3.05, 3.63) is 0 Å². The highest BCUT2D eigenvalue weighted by molar-refractivity contribution is 5.04. The third kappa shape index (κ3) is 1.72. The van der Waals surface area contributed by atoms with Gasteiger partial charge in [-0.15, -0.1) is 0 Å². The summed E-state index contributed by atoms with van der Waals surface area (Å²) < 4.78 is 0. The molecule has 2 atom stereocenters. The summed E-state index contributed by atoms with van der Waals surface area (Å²) in [5.41, 5.74) is 0.447. The lowest BCUT2D eigenvalue weighted by atomic mass is 9.85. The van der Waals surface area contributed by atoms with Crippen LogP contribution in [-0.4, -0.2) is 36.6 Å². The molecule has 2 saturated heterocycles. The first-order valence-electron chi connectivity index (χ1n) is 6.63. The molecule has 0 aromatic heterocycles. The van der Waals surface area contributed by atoms with Crippen molar-refractivity contribution in [1.29, 1.82) is 0 Å². The van der Waals surface area contributed by atoms with E-state index in [1.54, 1.807) is 0 Å². The summed E-state index contributed by atoms with van der Waals surface area (Å²) in [6.45, 7) is 10.1. The van der Waals surface area contributed by atoms with Gasteiger partial charge in [0.1, 0.15) is 0 Å². The van der Waals surface area contributed by atoms with Gasteiger partial charge in [-0.1, -0.05) is 12.8 Å². The van der Waals surface area contributed by atoms with Gasteiger partial charge in [0.05, 0.1) is 0 Å². The van der Waals surface area contributed by atoms with Crippen molar-refractivity contribution in [2.24, 2.45) is 17.8 Å². The lowest BCUT2D eigenvalue weighted by Crippen LogP contribution is -2.44. The number of rotatable bonds is 3. The third-order valence-corrected chi connectivity index (χ3v) is 5.02. The largest absolute Gasteiger partial charge is 0.316 e. The molecule has 0 aromatic rings. The van der Waals surface area contributed by atoms with E-state index in [1.165, 1.54) is 45.4 Å². The maximum atomic E-state index is 3.55. The molecular formula is C13H24N2. The fourth-order valence-electron chi connectivity index (χ4n) is 3.63. The highest BCUT2D eigenvalue weighted by atomic mass is 15.2. The third-order valence-electron chi connectivity index (χ3n) is 5.02. The number of likely N-dealkylation sites (tertiary alicyclic amines) is 1. The molecule has 2 aliphatic heterocycles. The molecule has 2 nitrogen and oxygen atoms in total. The smallest absolute Gasteiger partial charge is 0.0197 e. The van der Waals surface area contributed by atoms with E-state index >= 15 is 0 Å². The molecule has 15 heavy (non-hydrogen) atoms. The molecule has 1 saturated carbocycles. The van der Waals surface area contributed by atoms with E-state index in [9.17, 15) is 0 Å². The molecule has 0 aromatic carbocycles. The van der Waals surface area contributed by atoms with Crippen LogP contribution in [0.25, 0.3) is 0 Å². The minimum Gasteiger partial charge on any atom is -0.316 e. The fraction of sp³-hybridized carbons (Fsp3) is 1.00. The van der Waals surface area contributed by atoms with Gasteiger partial charge in [-0.3, -0.25) is 4.90 Å². The highest BCUT2D eigenvalue weighted by Crippen LogP contribution is 2.41. The second kappa shape index (κ2) is 3.46. The lowest BCUT2D eigenvalue weighted by Gasteiger charge is -2.35. The summed E-state index contributed by atoms with van der Waals surface area (Å²) in [6.07, 6.45) is 4.46. The van der Waals surface area contributed by atoms with Gasteiger partial charge in [0.15, 0.2) is 0 Å². The second-order valence-electron chi connectivity index (χ2n) is 6.36. The Bertz CT molecular complexity index is 245. The zero-order chi connectivity index (χ0) is 10.5. The first-order valence-corrected chi connectivity index (χ1v) is 6.63. The maximum absolute atomic E-state index is 3.55. The molecule has 0 bridgehead atoms. The summed E-state index contributed by atoms with van der Waals surface area (Å²) in [6, 6.07) is 0. The number of hydrogen-bond donors (Lipinski definition) is 1. The number of hydrogen-bond acceptors (Lipinski definition) is 2. The van der Waals surface area contributed by atoms with Crippen LogP contribution >= 0.6 is 0 Å². The summed E-state index contributed by atoms with van der Waals surface area (Å²) in [5.74, 6) is 2.91. The van der Waals surface area contributed by atoms with Crippen molar-refractivity contribution >= 4 is 0 Å². The number of fused-ring (bicyclic) bond motifs is 1. The predicted molar refractivity (Wildman–Crippen MR) is 62.8 cm³/mol. The molecule has 0 amide bonds. The van der Waals surface area contributed by atoms with Crippen molar-refractivity contribution < 1.29 is 0 Å². The molecule has 0 spiro atoms. The first-order chi connectivity index (χ1) is 7.18. The molecule has 3 rings (SSSR count). The van der Waals surface area contributed by atoms with Crippen molar-refractivity contribution in [3.8, 4) is 0 Å². The van der Waals surface area contributed by atoms with E-state index in [-0.39, 0.29) is 0 Å². The van der Waals surface area contributed by atoms with Crippen molar-refractivity contribution in [2.75, 3.05) is 26.2 Å². The van der Waals surface area contributed by atoms with Crippen LogP contribution in [0.3, 0.4) is 0 Å². The fourth-order valence-corrected chi connectivity index (χ4v) is 3.63. The SMILES string of the molecule is CC1(C)C2CNCC2CN1CCC1CC1. The van der Waals surface area contributed by atoms with E-state index in [0.29, 0.717) is 5.54 Å². The Labute approximate surface area is 93.4 Å². The van der Waals surface area contributed by atoms with Crippen LogP contribution in [-0.2, 0) is 0 Å². The molecule has 3 fully saturated rings. The molecule has 2 unspecified atom stereocenters. The van der Waals surface area contributed by atoms with Crippen molar-refractivity contribution in [1.82, 2.24) is 10.2 Å². The second-order valence-corrected chi connectivity index (χ2v) is 6.36. The maximum Gasteiger partial charge on any atom is 0.0197 e. The minimum absolute atomic E-state index is 0.447. The monoisotopic (exact) mass is 208 g/mol.